The minimum absolute atomic E-state index is 0.0496. The van der Waals surface area contributed by atoms with Crippen LogP contribution in [-0.4, -0.2) is 91.4 Å². The van der Waals surface area contributed by atoms with Crippen LogP contribution < -0.4 is 19.9 Å². The molecule has 2 N–H and O–H groups in total. The third kappa shape index (κ3) is 7.90. The third-order valence-electron chi connectivity index (χ3n) is 13.2. The van der Waals surface area contributed by atoms with E-state index in [1.54, 1.807) is 0 Å². The van der Waals surface area contributed by atoms with Crippen molar-refractivity contribution in [2.45, 2.75) is 57.5 Å². The van der Waals surface area contributed by atoms with Crippen LogP contribution in [-0.2, 0) is 11.3 Å². The van der Waals surface area contributed by atoms with Gasteiger partial charge >= 0.3 is 0 Å². The monoisotopic (exact) mass is 775 g/mol. The van der Waals surface area contributed by atoms with E-state index in [-0.39, 0.29) is 11.9 Å². The average molecular weight is 776 g/mol. The minimum atomic E-state index is -0.142. The van der Waals surface area contributed by atoms with E-state index in [1.165, 1.54) is 58.6 Å². The second-order valence-corrected chi connectivity index (χ2v) is 16.8. The highest BCUT2D eigenvalue weighted by atomic mass is 16.5. The van der Waals surface area contributed by atoms with E-state index in [9.17, 15) is 4.79 Å². The molecule has 9 heteroatoms. The summed E-state index contributed by atoms with van der Waals surface area (Å²) in [5.41, 5.74) is 13.3. The zero-order chi connectivity index (χ0) is 39.6. The molecule has 1 unspecified atom stereocenters. The lowest BCUT2D eigenvalue weighted by Crippen LogP contribution is -2.49. The maximum Gasteiger partial charge on any atom is 0.241 e. The lowest BCUT2D eigenvalue weighted by atomic mass is 9.85. The Morgan fingerprint density at radius 3 is 2.48 bits per heavy atom. The summed E-state index contributed by atoms with van der Waals surface area (Å²) in [4.78, 5) is 22.6. The molecule has 1 aromatic heterocycles. The summed E-state index contributed by atoms with van der Waals surface area (Å²) in [6.07, 6.45) is 17.7. The Labute approximate surface area is 343 Å². The van der Waals surface area contributed by atoms with Gasteiger partial charge in [-0.1, -0.05) is 55.7 Å². The maximum absolute atomic E-state index is 12.7. The largest absolute Gasteiger partial charge is 0.492 e. The molecule has 4 aromatic rings. The zero-order valence-corrected chi connectivity index (χ0v) is 34.0. The van der Waals surface area contributed by atoms with Crippen LogP contribution in [0.5, 0.6) is 5.75 Å². The summed E-state index contributed by atoms with van der Waals surface area (Å²) < 4.78 is 6.47. The standard InChI is InChI=1S/C49H57N7O2/c1-4-36-11-16-41(30-39(36)33-53(3)46-19-10-34(2)51-49(46)57)56-27-25-54(26-28-56)32-35-20-23-55(24-21-35)40-14-12-38(13-15-40)47-42(37-8-6-5-7-9-37)22-29-58-48-43(47)17-18-45-44(48)31-50-52-45/h4-6,8,11-18,30-31,35,46H,1-2,7,9-10,19-29,32-33H2,3H3,(H,50,52)(H,51,57). The number of amides is 1. The summed E-state index contributed by atoms with van der Waals surface area (Å²) in [7, 11) is 2.05. The highest BCUT2D eigenvalue weighted by Gasteiger charge is 2.29. The van der Waals surface area contributed by atoms with Crippen molar-refractivity contribution in [2.75, 3.05) is 69.3 Å². The van der Waals surface area contributed by atoms with E-state index in [0.29, 0.717) is 13.2 Å². The average Bonchev–Trinajstić information content (AvgIpc) is 3.66. The lowest BCUT2D eigenvalue weighted by molar-refractivity contribution is -0.126. The molecular weight excluding hydrogens is 719 g/mol. The molecule has 58 heavy (non-hydrogen) atoms. The molecule has 0 bridgehead atoms. The van der Waals surface area contributed by atoms with E-state index in [2.05, 4.69) is 121 Å². The topological polar surface area (TPSA) is 80.0 Å². The quantitative estimate of drug-likeness (QED) is 0.168. The van der Waals surface area contributed by atoms with Gasteiger partial charge in [-0.2, -0.15) is 5.10 Å². The van der Waals surface area contributed by atoms with Crippen molar-refractivity contribution < 1.29 is 9.53 Å². The van der Waals surface area contributed by atoms with Gasteiger partial charge in [0.2, 0.25) is 5.91 Å². The first kappa shape index (κ1) is 38.2. The molecule has 9 nitrogen and oxygen atoms in total. The zero-order valence-electron chi connectivity index (χ0n) is 34.0. The molecule has 3 aromatic carbocycles. The van der Waals surface area contributed by atoms with Gasteiger partial charge in [0.1, 0.15) is 5.75 Å². The molecule has 1 atom stereocenters. The van der Waals surface area contributed by atoms with Crippen LogP contribution in [0.2, 0.25) is 0 Å². The summed E-state index contributed by atoms with van der Waals surface area (Å²) in [6, 6.07) is 20.3. The van der Waals surface area contributed by atoms with Crippen LogP contribution in [0, 0.1) is 5.92 Å². The first-order valence-corrected chi connectivity index (χ1v) is 21.4. The van der Waals surface area contributed by atoms with Gasteiger partial charge in [0.15, 0.2) is 0 Å². The number of hydrogen-bond donors (Lipinski definition) is 2. The van der Waals surface area contributed by atoms with E-state index in [1.807, 2.05) is 19.3 Å². The van der Waals surface area contributed by atoms with Gasteiger partial charge in [0.25, 0.3) is 0 Å². The Balaban J connectivity index is 0.812. The number of anilines is 2. The van der Waals surface area contributed by atoms with E-state index in [4.69, 9.17) is 4.74 Å². The van der Waals surface area contributed by atoms with Gasteiger partial charge in [0, 0.05) is 81.4 Å². The molecular formula is C49H57N7O2. The highest BCUT2D eigenvalue weighted by molar-refractivity contribution is 5.96. The van der Waals surface area contributed by atoms with Crippen molar-refractivity contribution in [1.29, 1.82) is 0 Å². The number of ether oxygens (including phenoxy) is 1. The molecule has 0 radical (unpaired) electrons. The summed E-state index contributed by atoms with van der Waals surface area (Å²) in [5, 5.41) is 11.4. The van der Waals surface area contributed by atoms with Crippen LogP contribution in [0.25, 0.3) is 22.6 Å². The van der Waals surface area contributed by atoms with E-state index >= 15 is 0 Å². The number of H-pyrrole nitrogens is 1. The van der Waals surface area contributed by atoms with Crippen molar-refractivity contribution in [3.8, 4) is 5.75 Å². The number of likely N-dealkylation sites (N-methyl/N-ethyl adjacent to an activating group) is 1. The van der Waals surface area contributed by atoms with Crippen molar-refractivity contribution in [1.82, 2.24) is 25.3 Å². The van der Waals surface area contributed by atoms with Gasteiger partial charge in [-0.25, -0.2) is 0 Å². The number of fused-ring (bicyclic) bond motifs is 3. The van der Waals surface area contributed by atoms with Gasteiger partial charge in [-0.05, 0) is 121 Å². The molecule has 1 aliphatic carbocycles. The number of aromatic amines is 1. The first-order chi connectivity index (χ1) is 28.4. The molecule has 9 rings (SSSR count). The van der Waals surface area contributed by atoms with Crippen molar-refractivity contribution in [3.63, 3.8) is 0 Å². The smallest absolute Gasteiger partial charge is 0.241 e. The number of carbonyl (C=O) groups is 1. The van der Waals surface area contributed by atoms with Crippen LogP contribution in [0.1, 0.15) is 67.2 Å². The van der Waals surface area contributed by atoms with Crippen molar-refractivity contribution in [3.05, 3.63) is 131 Å². The van der Waals surface area contributed by atoms with Crippen LogP contribution in [0.15, 0.2) is 109 Å². The molecule has 3 fully saturated rings. The van der Waals surface area contributed by atoms with E-state index < -0.39 is 0 Å². The molecule has 4 aliphatic heterocycles. The molecule has 0 saturated carbocycles. The number of nitrogens with zero attached hydrogens (tertiary/aromatic N) is 5. The van der Waals surface area contributed by atoms with Gasteiger partial charge in [0.05, 0.1) is 29.7 Å². The van der Waals surface area contributed by atoms with Crippen LogP contribution >= 0.6 is 0 Å². The normalized spacial score (nSPS) is 20.9. The summed E-state index contributed by atoms with van der Waals surface area (Å²) in [5.74, 6) is 1.71. The van der Waals surface area contributed by atoms with Gasteiger partial charge in [-0.15, -0.1) is 0 Å². The molecule has 5 heterocycles. The summed E-state index contributed by atoms with van der Waals surface area (Å²) >= 11 is 0. The fourth-order valence-electron chi connectivity index (χ4n) is 9.84. The number of allylic oxidation sites excluding steroid dienone is 5. The van der Waals surface area contributed by atoms with Crippen molar-refractivity contribution in [2.24, 2.45) is 5.92 Å². The SMILES string of the molecule is C=Cc1ccc(N2CCN(CC3CCN(c4ccc(C5=C(C6=CC=CCC6)CCOc6c5ccc5[nH]ncc65)cc4)CC3)CC2)cc1CN(C)C1CCC(=C)NC1=O. The number of piperazine rings is 1. The second kappa shape index (κ2) is 16.8. The first-order valence-electron chi connectivity index (χ1n) is 21.4. The molecule has 300 valence electrons. The Morgan fingerprint density at radius 1 is 0.931 bits per heavy atom. The number of nitrogens with one attached hydrogen (secondary N) is 2. The molecule has 0 spiro atoms. The van der Waals surface area contributed by atoms with Gasteiger partial charge in [-0.3, -0.25) is 19.7 Å². The number of piperidine rings is 2. The fraction of sp³-hybridized carbons (Fsp3) is 0.388. The number of carbonyl (C=O) groups excluding carboxylic acids is 1. The number of rotatable bonds is 10. The number of benzene rings is 3. The molecule has 1 amide bonds. The fourth-order valence-corrected chi connectivity index (χ4v) is 9.84. The molecule has 5 aliphatic rings. The lowest BCUT2D eigenvalue weighted by Gasteiger charge is -2.40. The Kier molecular flexibility index (Phi) is 11.1. The Morgan fingerprint density at radius 2 is 1.72 bits per heavy atom. The predicted octanol–water partition coefficient (Wildman–Crippen LogP) is 8.33. The third-order valence-corrected chi connectivity index (χ3v) is 13.2. The van der Waals surface area contributed by atoms with E-state index in [0.717, 1.165) is 111 Å². The highest BCUT2D eigenvalue weighted by Crippen LogP contribution is 2.44. The number of hydrogen-bond acceptors (Lipinski definition) is 7. The Hall–Kier alpha value is -5.38. The second-order valence-electron chi connectivity index (χ2n) is 16.8. The molecule has 3 saturated heterocycles. The Bertz CT molecular complexity index is 2270. The van der Waals surface area contributed by atoms with Gasteiger partial charge < -0.3 is 19.9 Å². The maximum atomic E-state index is 12.7. The van der Waals surface area contributed by atoms with Crippen molar-refractivity contribution >= 4 is 39.8 Å². The summed E-state index contributed by atoms with van der Waals surface area (Å²) in [6.45, 7) is 17.0. The minimum Gasteiger partial charge on any atom is -0.492 e. The van der Waals surface area contributed by atoms with Crippen LogP contribution in [0.4, 0.5) is 11.4 Å². The van der Waals surface area contributed by atoms with Crippen LogP contribution in [0.3, 0.4) is 0 Å². The number of aromatic nitrogens is 2. The predicted molar refractivity (Wildman–Crippen MR) is 237 cm³/mol.